The predicted molar refractivity (Wildman–Crippen MR) is 113 cm³/mol. The summed E-state index contributed by atoms with van der Waals surface area (Å²) in [5.74, 6) is -0.188. The molecule has 3 aromatic rings. The van der Waals surface area contributed by atoms with E-state index in [0.717, 1.165) is 11.3 Å². The summed E-state index contributed by atoms with van der Waals surface area (Å²) in [6.07, 6.45) is 0.702. The van der Waals surface area contributed by atoms with Crippen molar-refractivity contribution in [2.75, 3.05) is 18.5 Å². The number of hydrogen-bond donors (Lipinski definition) is 0. The van der Waals surface area contributed by atoms with Crippen LogP contribution in [0.25, 0.3) is 0 Å². The minimum absolute atomic E-state index is 0.188. The van der Waals surface area contributed by atoms with Gasteiger partial charge in [0.25, 0.3) is 5.91 Å². The zero-order valence-electron chi connectivity index (χ0n) is 16.2. The summed E-state index contributed by atoms with van der Waals surface area (Å²) >= 11 is 0. The third kappa shape index (κ3) is 3.81. The first kappa shape index (κ1) is 19.4. The highest BCUT2D eigenvalue weighted by atomic mass is 32.2. The maximum Gasteiger partial charge on any atom is 0.258 e. The van der Waals surface area contributed by atoms with Crippen molar-refractivity contribution in [2.24, 2.45) is 0 Å². The van der Waals surface area contributed by atoms with Crippen LogP contribution >= 0.6 is 0 Å². The molecule has 0 atom stereocenters. The van der Waals surface area contributed by atoms with Crippen molar-refractivity contribution in [1.29, 1.82) is 0 Å². The highest BCUT2D eigenvalue weighted by Gasteiger charge is 2.28. The Morgan fingerprint density at radius 1 is 0.862 bits per heavy atom. The van der Waals surface area contributed by atoms with Crippen LogP contribution in [0.2, 0.25) is 0 Å². The second-order valence-electron chi connectivity index (χ2n) is 7.08. The number of hydrogen-bond acceptors (Lipinski definition) is 3. The topological polar surface area (TPSA) is 57.7 Å². The molecule has 0 saturated carbocycles. The molecular formula is C23H22N2O3S. The lowest BCUT2D eigenvalue weighted by molar-refractivity contribution is 0.0993. The Balaban J connectivity index is 1.54. The normalized spacial score (nSPS) is 14.2. The predicted octanol–water partition coefficient (Wildman–Crippen LogP) is 3.71. The third-order valence-electron chi connectivity index (χ3n) is 5.28. The van der Waals surface area contributed by atoms with Crippen LogP contribution in [0.4, 0.5) is 5.69 Å². The molecule has 0 unspecified atom stereocenters. The summed E-state index contributed by atoms with van der Waals surface area (Å²) in [4.78, 5) is 14.5. The number of rotatable bonds is 4. The molecule has 148 valence electrons. The number of benzene rings is 3. The highest BCUT2D eigenvalue weighted by molar-refractivity contribution is 7.89. The number of sulfonamides is 1. The Morgan fingerprint density at radius 3 is 2.17 bits per heavy atom. The SMILES string of the molecule is CN(C(=O)c1ccc(S(=O)(=O)N2CCc3ccccc3C2)cc1)c1ccccc1. The zero-order chi connectivity index (χ0) is 20.4. The standard InChI is InChI=1S/C23H22N2O3S/c1-24(21-9-3-2-4-10-21)23(26)19-11-13-22(14-12-19)29(27,28)25-16-15-18-7-5-6-8-20(18)17-25/h2-14H,15-17H2,1H3. The van der Waals surface area contributed by atoms with Gasteiger partial charge in [0.2, 0.25) is 10.0 Å². The van der Waals surface area contributed by atoms with Gasteiger partial charge in [-0.05, 0) is 53.9 Å². The Labute approximate surface area is 171 Å². The monoisotopic (exact) mass is 406 g/mol. The fourth-order valence-electron chi connectivity index (χ4n) is 3.56. The van der Waals surface area contributed by atoms with Gasteiger partial charge in [-0.3, -0.25) is 4.79 Å². The number of fused-ring (bicyclic) bond motifs is 1. The summed E-state index contributed by atoms with van der Waals surface area (Å²) in [7, 11) is -1.91. The van der Waals surface area contributed by atoms with E-state index in [0.29, 0.717) is 25.1 Å². The van der Waals surface area contributed by atoms with Crippen molar-refractivity contribution < 1.29 is 13.2 Å². The average molecular weight is 407 g/mol. The van der Waals surface area contributed by atoms with Crippen LogP contribution in [0.15, 0.2) is 83.8 Å². The highest BCUT2D eigenvalue weighted by Crippen LogP contribution is 2.25. The molecule has 4 rings (SSSR count). The van der Waals surface area contributed by atoms with Gasteiger partial charge in [0.15, 0.2) is 0 Å². The van der Waals surface area contributed by atoms with Gasteiger partial charge in [-0.15, -0.1) is 0 Å². The summed E-state index contributed by atoms with van der Waals surface area (Å²) in [6, 6.07) is 23.4. The van der Waals surface area contributed by atoms with E-state index in [1.807, 2.05) is 54.6 Å². The number of para-hydroxylation sites is 1. The molecule has 1 heterocycles. The van der Waals surface area contributed by atoms with Gasteiger partial charge < -0.3 is 4.90 Å². The minimum Gasteiger partial charge on any atom is -0.311 e. The first-order valence-electron chi connectivity index (χ1n) is 9.47. The van der Waals surface area contributed by atoms with Gasteiger partial charge >= 0.3 is 0 Å². The summed E-state index contributed by atoms with van der Waals surface area (Å²) in [6.45, 7) is 0.826. The zero-order valence-corrected chi connectivity index (χ0v) is 17.0. The quantitative estimate of drug-likeness (QED) is 0.664. The molecule has 6 heteroatoms. The molecule has 0 fully saturated rings. The van der Waals surface area contributed by atoms with Crippen LogP contribution < -0.4 is 4.90 Å². The maximum atomic E-state index is 13.1. The van der Waals surface area contributed by atoms with Crippen LogP contribution in [0, 0.1) is 0 Å². The van der Waals surface area contributed by atoms with Gasteiger partial charge in [0.1, 0.15) is 0 Å². The number of amides is 1. The molecule has 0 aliphatic carbocycles. The van der Waals surface area contributed by atoms with E-state index in [1.165, 1.54) is 22.0 Å². The summed E-state index contributed by atoms with van der Waals surface area (Å²) in [5, 5.41) is 0. The average Bonchev–Trinajstić information content (AvgIpc) is 2.78. The van der Waals surface area contributed by atoms with E-state index in [1.54, 1.807) is 24.1 Å². The van der Waals surface area contributed by atoms with E-state index >= 15 is 0 Å². The first-order valence-corrected chi connectivity index (χ1v) is 10.9. The molecule has 1 aliphatic rings. The molecule has 0 aromatic heterocycles. The van der Waals surface area contributed by atoms with Gasteiger partial charge in [-0.2, -0.15) is 4.31 Å². The summed E-state index contributed by atoms with van der Waals surface area (Å²) in [5.41, 5.74) is 3.46. The van der Waals surface area contributed by atoms with Crippen molar-refractivity contribution in [2.45, 2.75) is 17.9 Å². The lowest BCUT2D eigenvalue weighted by Gasteiger charge is -2.28. The molecule has 0 spiro atoms. The van der Waals surface area contributed by atoms with Crippen molar-refractivity contribution in [1.82, 2.24) is 4.31 Å². The smallest absolute Gasteiger partial charge is 0.258 e. The van der Waals surface area contributed by atoms with Gasteiger partial charge in [0, 0.05) is 31.4 Å². The second kappa shape index (κ2) is 7.81. The lowest BCUT2D eigenvalue weighted by Crippen LogP contribution is -2.36. The van der Waals surface area contributed by atoms with E-state index in [9.17, 15) is 13.2 Å². The Hall–Kier alpha value is -2.96. The van der Waals surface area contributed by atoms with Crippen molar-refractivity contribution in [3.8, 4) is 0 Å². The molecule has 5 nitrogen and oxygen atoms in total. The molecule has 0 saturated heterocycles. The molecule has 0 N–H and O–H groups in total. The van der Waals surface area contributed by atoms with Gasteiger partial charge in [-0.25, -0.2) is 8.42 Å². The Kier molecular flexibility index (Phi) is 5.22. The molecule has 3 aromatic carbocycles. The number of carbonyl (C=O) groups excluding carboxylic acids is 1. The molecule has 0 radical (unpaired) electrons. The Morgan fingerprint density at radius 2 is 1.48 bits per heavy atom. The molecule has 29 heavy (non-hydrogen) atoms. The fraction of sp³-hybridized carbons (Fsp3) is 0.174. The first-order chi connectivity index (χ1) is 14.0. The van der Waals surface area contributed by atoms with Crippen LogP contribution in [0.1, 0.15) is 21.5 Å². The van der Waals surface area contributed by atoms with Gasteiger partial charge in [0.05, 0.1) is 4.90 Å². The van der Waals surface area contributed by atoms with Gasteiger partial charge in [-0.1, -0.05) is 42.5 Å². The van der Waals surface area contributed by atoms with E-state index in [-0.39, 0.29) is 10.8 Å². The number of anilines is 1. The lowest BCUT2D eigenvalue weighted by atomic mass is 10.0. The van der Waals surface area contributed by atoms with Crippen LogP contribution in [-0.2, 0) is 23.0 Å². The largest absolute Gasteiger partial charge is 0.311 e. The molecule has 0 bridgehead atoms. The molecule has 1 aliphatic heterocycles. The van der Waals surface area contributed by atoms with Crippen molar-refractivity contribution >= 4 is 21.6 Å². The van der Waals surface area contributed by atoms with E-state index in [2.05, 4.69) is 0 Å². The van der Waals surface area contributed by atoms with Crippen LogP contribution in [-0.4, -0.2) is 32.2 Å². The van der Waals surface area contributed by atoms with Crippen molar-refractivity contribution in [3.05, 3.63) is 95.6 Å². The van der Waals surface area contributed by atoms with E-state index < -0.39 is 10.0 Å². The van der Waals surface area contributed by atoms with Crippen molar-refractivity contribution in [3.63, 3.8) is 0 Å². The maximum absolute atomic E-state index is 13.1. The minimum atomic E-state index is -3.61. The van der Waals surface area contributed by atoms with Crippen LogP contribution in [0.5, 0.6) is 0 Å². The second-order valence-corrected chi connectivity index (χ2v) is 9.02. The Bertz CT molecular complexity index is 1130. The third-order valence-corrected chi connectivity index (χ3v) is 7.14. The summed E-state index contributed by atoms with van der Waals surface area (Å²) < 4.78 is 27.6. The number of nitrogens with zero attached hydrogens (tertiary/aromatic N) is 2. The fourth-order valence-corrected chi connectivity index (χ4v) is 4.97. The number of carbonyl (C=O) groups is 1. The van der Waals surface area contributed by atoms with Crippen LogP contribution in [0.3, 0.4) is 0 Å². The molecule has 1 amide bonds. The van der Waals surface area contributed by atoms with E-state index in [4.69, 9.17) is 0 Å². The molecular weight excluding hydrogens is 384 g/mol.